The van der Waals surface area contributed by atoms with Crippen LogP contribution in [0.3, 0.4) is 0 Å². The number of ether oxygens (including phenoxy) is 1. The Bertz CT molecular complexity index is 349. The van der Waals surface area contributed by atoms with Gasteiger partial charge >= 0.3 is 0 Å². The molecule has 0 radical (unpaired) electrons. The highest BCUT2D eigenvalue weighted by Gasteiger charge is 2.32. The van der Waals surface area contributed by atoms with Crippen LogP contribution in [0.5, 0.6) is 0 Å². The minimum Gasteiger partial charge on any atom is -0.375 e. The van der Waals surface area contributed by atoms with Crippen molar-refractivity contribution in [2.24, 2.45) is 0 Å². The molecule has 0 aliphatic carbocycles. The first kappa shape index (κ1) is 13.6. The minimum atomic E-state index is 0.0426. The summed E-state index contributed by atoms with van der Waals surface area (Å²) in [6, 6.07) is 11.3. The van der Waals surface area contributed by atoms with Crippen molar-refractivity contribution in [1.29, 1.82) is 0 Å². The average Bonchev–Trinajstić information content (AvgIpc) is 2.38. The first-order valence-corrected chi connectivity index (χ1v) is 7.13. The molecule has 0 saturated carbocycles. The SMILES string of the molecule is CCNC1CCOC(C)(CCc2ccccc2)C1. The molecule has 2 unspecified atom stereocenters. The van der Waals surface area contributed by atoms with Crippen molar-refractivity contribution < 1.29 is 4.74 Å². The van der Waals surface area contributed by atoms with Crippen LogP contribution in [-0.4, -0.2) is 24.8 Å². The van der Waals surface area contributed by atoms with Crippen LogP contribution >= 0.6 is 0 Å². The minimum absolute atomic E-state index is 0.0426. The summed E-state index contributed by atoms with van der Waals surface area (Å²) in [7, 11) is 0. The van der Waals surface area contributed by atoms with E-state index >= 15 is 0 Å². The van der Waals surface area contributed by atoms with Gasteiger partial charge in [-0.25, -0.2) is 0 Å². The summed E-state index contributed by atoms with van der Waals surface area (Å²) in [5.41, 5.74) is 1.45. The lowest BCUT2D eigenvalue weighted by atomic mass is 9.87. The van der Waals surface area contributed by atoms with Gasteiger partial charge in [-0.15, -0.1) is 0 Å². The average molecular weight is 247 g/mol. The second-order valence-electron chi connectivity index (χ2n) is 5.53. The zero-order valence-electron chi connectivity index (χ0n) is 11.6. The molecule has 1 N–H and O–H groups in total. The third-order valence-corrected chi connectivity index (χ3v) is 3.87. The molecule has 0 aromatic heterocycles. The number of nitrogens with one attached hydrogen (secondary N) is 1. The van der Waals surface area contributed by atoms with E-state index in [9.17, 15) is 0 Å². The Morgan fingerprint density at radius 2 is 2.11 bits per heavy atom. The third kappa shape index (κ3) is 3.82. The van der Waals surface area contributed by atoms with Gasteiger partial charge in [0.1, 0.15) is 0 Å². The second-order valence-corrected chi connectivity index (χ2v) is 5.53. The summed E-state index contributed by atoms with van der Waals surface area (Å²) in [5.74, 6) is 0. The summed E-state index contributed by atoms with van der Waals surface area (Å²) < 4.78 is 6.02. The van der Waals surface area contributed by atoms with Gasteiger partial charge in [-0.1, -0.05) is 37.3 Å². The van der Waals surface area contributed by atoms with Gasteiger partial charge in [-0.3, -0.25) is 0 Å². The van der Waals surface area contributed by atoms with Gasteiger partial charge in [0.15, 0.2) is 0 Å². The van der Waals surface area contributed by atoms with E-state index in [2.05, 4.69) is 49.5 Å². The predicted octanol–water partition coefficient (Wildman–Crippen LogP) is 3.17. The summed E-state index contributed by atoms with van der Waals surface area (Å²) >= 11 is 0. The molecule has 2 atom stereocenters. The van der Waals surface area contributed by atoms with E-state index in [0.29, 0.717) is 6.04 Å². The molecule has 1 fully saturated rings. The van der Waals surface area contributed by atoms with Crippen LogP contribution in [0.2, 0.25) is 0 Å². The van der Waals surface area contributed by atoms with Crippen molar-refractivity contribution in [3.8, 4) is 0 Å². The molecule has 100 valence electrons. The van der Waals surface area contributed by atoms with Gasteiger partial charge in [-0.05, 0) is 44.7 Å². The molecule has 18 heavy (non-hydrogen) atoms. The lowest BCUT2D eigenvalue weighted by molar-refractivity contribution is -0.0803. The van der Waals surface area contributed by atoms with Gasteiger partial charge in [0.2, 0.25) is 0 Å². The van der Waals surface area contributed by atoms with Crippen molar-refractivity contribution in [3.63, 3.8) is 0 Å². The first-order chi connectivity index (χ1) is 8.72. The molecule has 0 spiro atoms. The van der Waals surface area contributed by atoms with Crippen LogP contribution in [0, 0.1) is 0 Å². The van der Waals surface area contributed by atoms with E-state index in [1.54, 1.807) is 0 Å². The maximum atomic E-state index is 6.02. The number of hydrogen-bond donors (Lipinski definition) is 1. The summed E-state index contributed by atoms with van der Waals surface area (Å²) in [6.45, 7) is 6.39. The number of aryl methyl sites for hydroxylation is 1. The molecule has 1 aliphatic rings. The Labute approximate surface area is 111 Å². The number of rotatable bonds is 5. The molecule has 1 aliphatic heterocycles. The van der Waals surface area contributed by atoms with Gasteiger partial charge in [-0.2, -0.15) is 0 Å². The first-order valence-electron chi connectivity index (χ1n) is 7.13. The molecule has 1 heterocycles. The predicted molar refractivity (Wildman–Crippen MR) is 75.8 cm³/mol. The Morgan fingerprint density at radius 1 is 1.33 bits per heavy atom. The molecule has 0 bridgehead atoms. The maximum Gasteiger partial charge on any atom is 0.0672 e. The molecular formula is C16H25NO. The lowest BCUT2D eigenvalue weighted by Crippen LogP contribution is -2.45. The monoisotopic (exact) mass is 247 g/mol. The molecule has 0 amide bonds. The third-order valence-electron chi connectivity index (χ3n) is 3.87. The summed E-state index contributed by atoms with van der Waals surface area (Å²) in [6.07, 6.45) is 4.50. The van der Waals surface area contributed by atoms with Crippen LogP contribution in [0.15, 0.2) is 30.3 Å². The zero-order chi connectivity index (χ0) is 12.8. The van der Waals surface area contributed by atoms with Crippen molar-refractivity contribution in [2.45, 2.75) is 51.2 Å². The summed E-state index contributed by atoms with van der Waals surface area (Å²) in [4.78, 5) is 0. The van der Waals surface area contributed by atoms with Crippen molar-refractivity contribution >= 4 is 0 Å². The maximum absolute atomic E-state index is 6.02. The lowest BCUT2D eigenvalue weighted by Gasteiger charge is -2.39. The standard InChI is InChI=1S/C16H25NO/c1-3-17-15-10-12-18-16(2,13-15)11-9-14-7-5-4-6-8-14/h4-8,15,17H,3,9-13H2,1-2H3. The van der Waals surface area contributed by atoms with E-state index in [-0.39, 0.29) is 5.60 Å². The largest absolute Gasteiger partial charge is 0.375 e. The van der Waals surface area contributed by atoms with E-state index in [4.69, 9.17) is 4.74 Å². The van der Waals surface area contributed by atoms with Crippen LogP contribution in [0.4, 0.5) is 0 Å². The smallest absolute Gasteiger partial charge is 0.0672 e. The van der Waals surface area contributed by atoms with Gasteiger partial charge in [0.05, 0.1) is 5.60 Å². The second kappa shape index (κ2) is 6.35. The fourth-order valence-corrected chi connectivity index (χ4v) is 2.82. The van der Waals surface area contributed by atoms with E-state index < -0.39 is 0 Å². The van der Waals surface area contributed by atoms with Crippen molar-refractivity contribution in [2.75, 3.05) is 13.2 Å². The molecule has 2 heteroatoms. The van der Waals surface area contributed by atoms with E-state index in [1.165, 1.54) is 5.56 Å². The Morgan fingerprint density at radius 3 is 2.83 bits per heavy atom. The fourth-order valence-electron chi connectivity index (χ4n) is 2.82. The zero-order valence-corrected chi connectivity index (χ0v) is 11.6. The highest BCUT2D eigenvalue weighted by Crippen LogP contribution is 2.29. The highest BCUT2D eigenvalue weighted by molar-refractivity contribution is 5.15. The van der Waals surface area contributed by atoms with Gasteiger partial charge in [0, 0.05) is 12.6 Å². The van der Waals surface area contributed by atoms with Crippen molar-refractivity contribution in [3.05, 3.63) is 35.9 Å². The molecule has 2 nitrogen and oxygen atoms in total. The number of benzene rings is 1. The number of hydrogen-bond acceptors (Lipinski definition) is 2. The Balaban J connectivity index is 1.87. The molecule has 1 saturated heterocycles. The van der Waals surface area contributed by atoms with Crippen LogP contribution in [0.25, 0.3) is 0 Å². The van der Waals surface area contributed by atoms with Crippen LogP contribution in [0.1, 0.15) is 38.7 Å². The van der Waals surface area contributed by atoms with Crippen molar-refractivity contribution in [1.82, 2.24) is 5.32 Å². The summed E-state index contributed by atoms with van der Waals surface area (Å²) in [5, 5.41) is 3.56. The van der Waals surface area contributed by atoms with Crippen LogP contribution in [-0.2, 0) is 11.2 Å². The fraction of sp³-hybridized carbons (Fsp3) is 0.625. The molecule has 2 rings (SSSR count). The Hall–Kier alpha value is -0.860. The normalized spacial score (nSPS) is 28.2. The molecule has 1 aromatic carbocycles. The quantitative estimate of drug-likeness (QED) is 0.863. The van der Waals surface area contributed by atoms with Gasteiger partial charge in [0.25, 0.3) is 0 Å². The molecular weight excluding hydrogens is 222 g/mol. The Kier molecular flexibility index (Phi) is 4.79. The molecule has 1 aromatic rings. The van der Waals surface area contributed by atoms with Crippen LogP contribution < -0.4 is 5.32 Å². The van der Waals surface area contributed by atoms with E-state index in [0.717, 1.165) is 38.8 Å². The highest BCUT2D eigenvalue weighted by atomic mass is 16.5. The van der Waals surface area contributed by atoms with E-state index in [1.807, 2.05) is 0 Å². The van der Waals surface area contributed by atoms with Gasteiger partial charge < -0.3 is 10.1 Å². The topological polar surface area (TPSA) is 21.3 Å².